The fourth-order valence-corrected chi connectivity index (χ4v) is 7.81. The Kier molecular flexibility index (Phi) is 8.67. The molecule has 3 amide bonds. The number of thioether (sulfide) groups is 1. The third-order valence-corrected chi connectivity index (χ3v) is 8.99. The summed E-state index contributed by atoms with van der Waals surface area (Å²) in [6, 6.07) is -0.487. The van der Waals surface area contributed by atoms with Crippen LogP contribution in [0.1, 0.15) is 71.6 Å². The van der Waals surface area contributed by atoms with E-state index in [1.165, 1.54) is 0 Å². The quantitative estimate of drug-likeness (QED) is 0.371. The van der Waals surface area contributed by atoms with Crippen LogP contribution in [0.2, 0.25) is 0 Å². The number of carbonyl (C=O) groups excluding carboxylic acids is 3. The number of carbonyl (C=O) groups is 3. The molecule has 0 aliphatic carbocycles. The van der Waals surface area contributed by atoms with Crippen LogP contribution in [0.5, 0.6) is 0 Å². The van der Waals surface area contributed by atoms with Crippen LogP contribution in [0, 0.1) is 11.8 Å². The zero-order valence-electron chi connectivity index (χ0n) is 19.0. The Morgan fingerprint density at radius 1 is 1.06 bits per heavy atom. The second-order valence-corrected chi connectivity index (χ2v) is 10.8. The van der Waals surface area contributed by atoms with E-state index in [-0.39, 0.29) is 35.5 Å². The van der Waals surface area contributed by atoms with Crippen LogP contribution in [0.4, 0.5) is 0 Å². The summed E-state index contributed by atoms with van der Waals surface area (Å²) in [5.74, 6) is -0.809. The van der Waals surface area contributed by atoms with Gasteiger partial charge in [0.1, 0.15) is 6.04 Å². The minimum Gasteiger partial charge on any atom is -0.396 e. The number of likely N-dealkylation sites (tertiary alicyclic amines) is 1. The highest BCUT2D eigenvalue weighted by Crippen LogP contribution is 2.66. The van der Waals surface area contributed by atoms with Gasteiger partial charge in [-0.05, 0) is 38.5 Å². The second-order valence-electron chi connectivity index (χ2n) is 9.16. The Hall–Kier alpha value is -1.28. The molecule has 2 bridgehead atoms. The third kappa shape index (κ3) is 4.75. The van der Waals surface area contributed by atoms with Crippen LogP contribution in [0.25, 0.3) is 0 Å². The number of amides is 3. The average molecular weight is 454 g/mol. The number of hydrogen-bond donors (Lipinski definition) is 3. The fourth-order valence-electron chi connectivity index (χ4n) is 5.59. The van der Waals surface area contributed by atoms with Gasteiger partial charge in [0.15, 0.2) is 0 Å². The number of nitrogens with zero attached hydrogens (tertiary/aromatic N) is 1. The van der Waals surface area contributed by atoms with Gasteiger partial charge >= 0.3 is 0 Å². The van der Waals surface area contributed by atoms with Gasteiger partial charge in [-0.15, -0.1) is 11.8 Å². The van der Waals surface area contributed by atoms with E-state index in [1.807, 2.05) is 6.92 Å². The van der Waals surface area contributed by atoms with E-state index < -0.39 is 16.7 Å². The van der Waals surface area contributed by atoms with Crippen LogP contribution in [0.3, 0.4) is 0 Å². The molecule has 0 aromatic carbocycles. The Morgan fingerprint density at radius 2 is 1.81 bits per heavy atom. The molecule has 1 spiro atoms. The molecule has 0 radical (unpaired) electrons. The molecule has 0 aromatic rings. The topological polar surface area (TPSA) is 98.7 Å². The standard InChI is InChI=1S/C23H39N3O4S/c1-3-5-13-25-21(29)19-23-11-10-16(31-23)17(20(28)24-12-4-2)18(23)22(30)26(19)14-8-6-7-9-15-27/h16-19,27H,3-15H2,1-2H3,(H,24,28)(H,25,29)/t16-,17+,18+,19?,23?/m1/s1. The van der Waals surface area contributed by atoms with Crippen molar-refractivity contribution in [3.05, 3.63) is 0 Å². The van der Waals surface area contributed by atoms with Crippen LogP contribution in [-0.4, -0.2) is 70.0 Å². The van der Waals surface area contributed by atoms with Crippen molar-refractivity contribution < 1.29 is 19.5 Å². The molecule has 31 heavy (non-hydrogen) atoms. The van der Waals surface area contributed by atoms with Crippen molar-refractivity contribution in [2.45, 2.75) is 87.7 Å². The Balaban J connectivity index is 1.80. The molecule has 176 valence electrons. The first-order valence-corrected chi connectivity index (χ1v) is 13.0. The van der Waals surface area contributed by atoms with Gasteiger partial charge < -0.3 is 20.6 Å². The van der Waals surface area contributed by atoms with Gasteiger partial charge in [0, 0.05) is 31.5 Å². The molecule has 0 saturated carbocycles. The molecule has 3 saturated heterocycles. The second kappa shape index (κ2) is 11.0. The number of nitrogens with one attached hydrogen (secondary N) is 2. The summed E-state index contributed by atoms with van der Waals surface area (Å²) in [5, 5.41) is 15.2. The number of aliphatic hydroxyl groups is 1. The third-order valence-electron chi connectivity index (χ3n) is 7.04. The largest absolute Gasteiger partial charge is 0.396 e. The fraction of sp³-hybridized carbons (Fsp3) is 0.870. The lowest BCUT2D eigenvalue weighted by Crippen LogP contribution is -2.54. The van der Waals surface area contributed by atoms with E-state index in [0.717, 1.165) is 57.8 Å². The zero-order valence-corrected chi connectivity index (χ0v) is 19.8. The molecule has 3 N–H and O–H groups in total. The van der Waals surface area contributed by atoms with Gasteiger partial charge in [0.2, 0.25) is 17.7 Å². The van der Waals surface area contributed by atoms with Gasteiger partial charge in [0.25, 0.3) is 0 Å². The van der Waals surface area contributed by atoms with E-state index in [1.54, 1.807) is 16.7 Å². The summed E-state index contributed by atoms with van der Waals surface area (Å²) in [5.41, 5.74) is 0. The van der Waals surface area contributed by atoms with Crippen molar-refractivity contribution in [2.24, 2.45) is 11.8 Å². The number of unbranched alkanes of at least 4 members (excludes halogenated alkanes) is 4. The van der Waals surface area contributed by atoms with E-state index >= 15 is 0 Å². The number of rotatable bonds is 13. The van der Waals surface area contributed by atoms with Crippen LogP contribution >= 0.6 is 11.8 Å². The minimum atomic E-state index is -0.487. The lowest BCUT2D eigenvalue weighted by Gasteiger charge is -2.34. The van der Waals surface area contributed by atoms with Crippen LogP contribution in [0.15, 0.2) is 0 Å². The zero-order chi connectivity index (χ0) is 22.4. The predicted octanol–water partition coefficient (Wildman–Crippen LogP) is 2.07. The summed E-state index contributed by atoms with van der Waals surface area (Å²) in [6.45, 7) is 6.08. The highest BCUT2D eigenvalue weighted by molar-refractivity contribution is 8.02. The van der Waals surface area contributed by atoms with Gasteiger partial charge in [-0.25, -0.2) is 0 Å². The normalized spacial score (nSPS) is 31.2. The van der Waals surface area contributed by atoms with Gasteiger partial charge in [-0.3, -0.25) is 14.4 Å². The first-order valence-electron chi connectivity index (χ1n) is 12.2. The van der Waals surface area contributed by atoms with E-state index in [9.17, 15) is 14.4 Å². The number of aliphatic hydroxyl groups excluding tert-OH is 1. The first-order chi connectivity index (χ1) is 15.0. The Morgan fingerprint density at radius 3 is 2.52 bits per heavy atom. The summed E-state index contributed by atoms with van der Waals surface area (Å²) in [7, 11) is 0. The number of fused-ring (bicyclic) bond motifs is 1. The van der Waals surface area contributed by atoms with E-state index in [4.69, 9.17) is 5.11 Å². The maximum absolute atomic E-state index is 13.6. The summed E-state index contributed by atoms with van der Waals surface area (Å²) >= 11 is 1.73. The van der Waals surface area contributed by atoms with Crippen molar-refractivity contribution >= 4 is 29.5 Å². The van der Waals surface area contributed by atoms with Gasteiger partial charge in [-0.2, -0.15) is 0 Å². The molecule has 3 aliphatic heterocycles. The smallest absolute Gasteiger partial charge is 0.244 e. The van der Waals surface area contributed by atoms with Gasteiger partial charge in [-0.1, -0.05) is 33.1 Å². The van der Waals surface area contributed by atoms with Crippen LogP contribution in [-0.2, 0) is 14.4 Å². The first kappa shape index (κ1) is 24.4. The molecule has 2 unspecified atom stereocenters. The molecule has 3 aliphatic rings. The lowest BCUT2D eigenvalue weighted by atomic mass is 9.70. The van der Waals surface area contributed by atoms with Crippen LogP contribution < -0.4 is 10.6 Å². The molecular formula is C23H39N3O4S. The summed E-state index contributed by atoms with van der Waals surface area (Å²) in [4.78, 5) is 41.7. The van der Waals surface area contributed by atoms with Crippen molar-refractivity contribution in [1.29, 1.82) is 0 Å². The summed E-state index contributed by atoms with van der Waals surface area (Å²) < 4.78 is -0.475. The van der Waals surface area contributed by atoms with Crippen molar-refractivity contribution in [1.82, 2.24) is 15.5 Å². The SMILES string of the molecule is CCCCNC(=O)C1N(CCCCCCO)C(=O)[C@@H]2[C@@H](C(=O)NCCC)[C@H]3CCC12S3. The minimum absolute atomic E-state index is 0.0100. The van der Waals surface area contributed by atoms with Crippen molar-refractivity contribution in [3.63, 3.8) is 0 Å². The van der Waals surface area contributed by atoms with E-state index in [2.05, 4.69) is 17.6 Å². The average Bonchev–Trinajstić information content (AvgIpc) is 3.39. The highest BCUT2D eigenvalue weighted by Gasteiger charge is 2.73. The predicted molar refractivity (Wildman–Crippen MR) is 123 cm³/mol. The Labute approximate surface area is 190 Å². The monoisotopic (exact) mass is 453 g/mol. The lowest BCUT2D eigenvalue weighted by molar-refractivity contribution is -0.140. The molecule has 7 nitrogen and oxygen atoms in total. The Bertz CT molecular complexity index is 661. The molecule has 8 heteroatoms. The molecular weight excluding hydrogens is 414 g/mol. The molecule has 3 heterocycles. The van der Waals surface area contributed by atoms with Crippen molar-refractivity contribution in [2.75, 3.05) is 26.2 Å². The van der Waals surface area contributed by atoms with Crippen molar-refractivity contribution in [3.8, 4) is 0 Å². The van der Waals surface area contributed by atoms with E-state index in [0.29, 0.717) is 19.6 Å². The molecule has 3 rings (SSSR count). The molecule has 5 atom stereocenters. The van der Waals surface area contributed by atoms with Gasteiger partial charge in [0.05, 0.1) is 16.6 Å². The number of hydrogen-bond acceptors (Lipinski definition) is 5. The maximum atomic E-state index is 13.6. The summed E-state index contributed by atoms with van der Waals surface area (Å²) in [6.07, 6.45) is 7.91. The maximum Gasteiger partial charge on any atom is 0.244 e. The highest BCUT2D eigenvalue weighted by atomic mass is 32.2. The molecule has 3 fully saturated rings. The molecule has 0 aromatic heterocycles.